The van der Waals surface area contributed by atoms with Crippen LogP contribution < -0.4 is 10.6 Å². The number of hydrogen-bond donors (Lipinski definition) is 3. The zero-order chi connectivity index (χ0) is 20.4. The van der Waals surface area contributed by atoms with E-state index in [1.54, 1.807) is 12.4 Å². The van der Waals surface area contributed by atoms with Gasteiger partial charge in [0, 0.05) is 11.7 Å². The number of halogens is 2. The molecule has 150 valence electrons. The minimum Gasteiger partial charge on any atom is -0.394 e. The second-order valence-corrected chi connectivity index (χ2v) is 7.65. The highest BCUT2D eigenvalue weighted by Gasteiger charge is 2.18. The van der Waals surface area contributed by atoms with Gasteiger partial charge in [0.1, 0.15) is 5.82 Å². The van der Waals surface area contributed by atoms with E-state index in [0.717, 1.165) is 0 Å². The molecular formula is C19H24ClFN6O. The molecule has 0 radical (unpaired) electrons. The van der Waals surface area contributed by atoms with Crippen LogP contribution in [0.3, 0.4) is 0 Å². The van der Waals surface area contributed by atoms with Crippen molar-refractivity contribution in [3.8, 4) is 0 Å². The lowest BCUT2D eigenvalue weighted by Crippen LogP contribution is -2.30. The molecule has 0 amide bonds. The van der Waals surface area contributed by atoms with E-state index in [0.29, 0.717) is 28.6 Å². The number of hydrogen-bond acceptors (Lipinski definition) is 6. The highest BCUT2D eigenvalue weighted by Crippen LogP contribution is 2.28. The predicted molar refractivity (Wildman–Crippen MR) is 110 cm³/mol. The first kappa shape index (κ1) is 20.3. The molecule has 3 N–H and O–H groups in total. The van der Waals surface area contributed by atoms with Crippen molar-refractivity contribution in [1.29, 1.82) is 0 Å². The van der Waals surface area contributed by atoms with E-state index in [-0.39, 0.29) is 29.6 Å². The minimum absolute atomic E-state index is 0.0153. The molecule has 0 saturated carbocycles. The number of rotatable bonds is 7. The van der Waals surface area contributed by atoms with E-state index in [2.05, 4.69) is 25.6 Å². The van der Waals surface area contributed by atoms with Gasteiger partial charge in [-0.2, -0.15) is 9.97 Å². The first-order valence-electron chi connectivity index (χ1n) is 9.14. The average Bonchev–Trinajstić information content (AvgIpc) is 3.07. The molecule has 7 nitrogen and oxygen atoms in total. The van der Waals surface area contributed by atoms with Gasteiger partial charge in [-0.25, -0.2) is 9.37 Å². The molecular weight excluding hydrogens is 383 g/mol. The van der Waals surface area contributed by atoms with E-state index >= 15 is 0 Å². The number of anilines is 3. The van der Waals surface area contributed by atoms with Gasteiger partial charge < -0.3 is 20.3 Å². The zero-order valence-electron chi connectivity index (χ0n) is 16.2. The first-order chi connectivity index (χ1) is 13.3. The summed E-state index contributed by atoms with van der Waals surface area (Å²) >= 11 is 5.89. The van der Waals surface area contributed by atoms with Crippen molar-refractivity contribution in [2.45, 2.75) is 39.8 Å². The molecule has 0 fully saturated rings. The molecule has 2 aromatic heterocycles. The van der Waals surface area contributed by atoms with Crippen molar-refractivity contribution in [3.05, 3.63) is 35.4 Å². The molecule has 0 aliphatic carbocycles. The molecule has 9 heteroatoms. The van der Waals surface area contributed by atoms with Crippen LogP contribution in [-0.4, -0.2) is 37.3 Å². The Hall–Kier alpha value is -2.45. The van der Waals surface area contributed by atoms with Gasteiger partial charge in [-0.15, -0.1) is 0 Å². The quantitative estimate of drug-likeness (QED) is 0.540. The Morgan fingerprint density at radius 1 is 1.21 bits per heavy atom. The molecule has 3 rings (SSSR count). The summed E-state index contributed by atoms with van der Waals surface area (Å²) in [5, 5.41) is 16.0. The summed E-state index contributed by atoms with van der Waals surface area (Å²) in [6.07, 6.45) is 1.71. The lowest BCUT2D eigenvalue weighted by molar-refractivity contribution is 0.248. The third-order valence-corrected chi connectivity index (χ3v) is 4.77. The fourth-order valence-corrected chi connectivity index (χ4v) is 2.93. The van der Waals surface area contributed by atoms with Gasteiger partial charge in [-0.05, 0) is 38.0 Å². The van der Waals surface area contributed by atoms with Crippen LogP contribution in [0.5, 0.6) is 0 Å². The molecule has 3 aromatic rings. The van der Waals surface area contributed by atoms with E-state index in [4.69, 9.17) is 11.6 Å². The van der Waals surface area contributed by atoms with Crippen LogP contribution in [0, 0.1) is 11.7 Å². The second kappa shape index (κ2) is 8.28. The molecule has 0 aliphatic rings. The summed E-state index contributed by atoms with van der Waals surface area (Å²) < 4.78 is 15.4. The van der Waals surface area contributed by atoms with E-state index in [9.17, 15) is 9.50 Å². The maximum atomic E-state index is 13.5. The molecule has 0 spiro atoms. The van der Waals surface area contributed by atoms with Crippen molar-refractivity contribution in [3.63, 3.8) is 0 Å². The summed E-state index contributed by atoms with van der Waals surface area (Å²) in [6, 6.07) is 4.31. The molecule has 28 heavy (non-hydrogen) atoms. The standard InChI is InChI=1S/C19H24ClFN6O/c1-10(2)15(8-28)24-19-25-17(23-12-5-6-14(21)13(20)7-12)16-18(26-19)27(9-22-16)11(3)4/h5-7,9-11,15,28H,8H2,1-4H3,(H2,23,24,25,26)/t15-/m0/s1. The van der Waals surface area contributed by atoms with Gasteiger partial charge in [-0.3, -0.25) is 0 Å². The highest BCUT2D eigenvalue weighted by atomic mass is 35.5. The van der Waals surface area contributed by atoms with Crippen LogP contribution in [-0.2, 0) is 0 Å². The largest absolute Gasteiger partial charge is 0.394 e. The van der Waals surface area contributed by atoms with E-state index in [1.165, 1.54) is 12.1 Å². The summed E-state index contributed by atoms with van der Waals surface area (Å²) in [6.45, 7) is 8.04. The van der Waals surface area contributed by atoms with Crippen molar-refractivity contribution in [2.24, 2.45) is 5.92 Å². The summed E-state index contributed by atoms with van der Waals surface area (Å²) in [7, 11) is 0. The molecule has 1 aromatic carbocycles. The second-order valence-electron chi connectivity index (χ2n) is 7.24. The smallest absolute Gasteiger partial charge is 0.227 e. The Morgan fingerprint density at radius 3 is 2.57 bits per heavy atom. The van der Waals surface area contributed by atoms with Gasteiger partial charge in [0.2, 0.25) is 5.95 Å². The molecule has 0 aliphatic heterocycles. The Balaban J connectivity index is 2.07. The predicted octanol–water partition coefficient (Wildman–Crippen LogP) is 4.37. The molecule has 0 saturated heterocycles. The number of imidazole rings is 1. The number of aromatic nitrogens is 4. The monoisotopic (exact) mass is 406 g/mol. The van der Waals surface area contributed by atoms with Crippen LogP contribution in [0.25, 0.3) is 11.2 Å². The normalized spacial score (nSPS) is 12.8. The Morgan fingerprint density at radius 2 is 1.96 bits per heavy atom. The highest BCUT2D eigenvalue weighted by molar-refractivity contribution is 6.31. The molecule has 1 atom stereocenters. The average molecular weight is 407 g/mol. The van der Waals surface area contributed by atoms with Gasteiger partial charge in [0.15, 0.2) is 17.0 Å². The third-order valence-electron chi connectivity index (χ3n) is 4.48. The fourth-order valence-electron chi connectivity index (χ4n) is 2.75. The number of benzene rings is 1. The van der Waals surface area contributed by atoms with Gasteiger partial charge in [-0.1, -0.05) is 25.4 Å². The number of nitrogens with one attached hydrogen (secondary N) is 2. The lowest BCUT2D eigenvalue weighted by atomic mass is 10.1. The van der Waals surface area contributed by atoms with Gasteiger partial charge >= 0.3 is 0 Å². The summed E-state index contributed by atoms with van der Waals surface area (Å²) in [5.41, 5.74) is 1.83. The van der Waals surface area contributed by atoms with Crippen molar-refractivity contribution in [2.75, 3.05) is 17.2 Å². The Labute approximate surface area is 168 Å². The number of nitrogens with zero attached hydrogens (tertiary/aromatic N) is 4. The van der Waals surface area contributed by atoms with Crippen LogP contribution in [0.15, 0.2) is 24.5 Å². The summed E-state index contributed by atoms with van der Waals surface area (Å²) in [5.74, 6) is 0.536. The topological polar surface area (TPSA) is 87.9 Å². The van der Waals surface area contributed by atoms with Crippen LogP contribution in [0.4, 0.5) is 21.8 Å². The first-order valence-corrected chi connectivity index (χ1v) is 9.52. The Bertz CT molecular complexity index is 974. The summed E-state index contributed by atoms with van der Waals surface area (Å²) in [4.78, 5) is 13.6. The maximum Gasteiger partial charge on any atom is 0.227 e. The SMILES string of the molecule is CC(C)[C@H](CO)Nc1nc(Nc2ccc(F)c(Cl)c2)c2ncn(C(C)C)c2n1. The molecule has 2 heterocycles. The van der Waals surface area contributed by atoms with E-state index < -0.39 is 5.82 Å². The maximum absolute atomic E-state index is 13.5. The minimum atomic E-state index is -0.491. The van der Waals surface area contributed by atoms with E-state index in [1.807, 2.05) is 32.3 Å². The van der Waals surface area contributed by atoms with Crippen molar-refractivity contribution in [1.82, 2.24) is 19.5 Å². The van der Waals surface area contributed by atoms with Crippen LogP contribution in [0.2, 0.25) is 5.02 Å². The zero-order valence-corrected chi connectivity index (χ0v) is 17.0. The van der Waals surface area contributed by atoms with Crippen LogP contribution in [0.1, 0.15) is 33.7 Å². The fraction of sp³-hybridized carbons (Fsp3) is 0.421. The third kappa shape index (κ3) is 4.18. The number of aliphatic hydroxyl groups excluding tert-OH is 1. The van der Waals surface area contributed by atoms with Gasteiger partial charge in [0.25, 0.3) is 0 Å². The van der Waals surface area contributed by atoms with Gasteiger partial charge in [0.05, 0.1) is 24.0 Å². The van der Waals surface area contributed by atoms with Crippen LogP contribution >= 0.6 is 11.6 Å². The molecule has 0 unspecified atom stereocenters. The van der Waals surface area contributed by atoms with Crippen molar-refractivity contribution < 1.29 is 9.50 Å². The number of aliphatic hydroxyl groups is 1. The lowest BCUT2D eigenvalue weighted by Gasteiger charge is -2.20. The number of fused-ring (bicyclic) bond motifs is 1. The van der Waals surface area contributed by atoms with Crippen molar-refractivity contribution >= 4 is 40.2 Å². The Kier molecular flexibility index (Phi) is 6.00. The molecule has 0 bridgehead atoms.